The number of nitrogens with one attached hydrogen (secondary N) is 2. The molecular weight excluding hydrogens is 232 g/mol. The highest BCUT2D eigenvalue weighted by Crippen LogP contribution is 2.21. The standard InChI is InChI=1S/C13H16N2O3/c1-2-18-13(17)15-11-6-4-3-5-10(11)12(16)14-9-7-8-9/h3-6,9H,2,7-8H2,1H3,(H,14,16)(H,15,17). The Kier molecular flexibility index (Phi) is 3.82. The number of hydrogen-bond donors (Lipinski definition) is 2. The molecule has 1 aliphatic rings. The van der Waals surface area contributed by atoms with Gasteiger partial charge in [-0.1, -0.05) is 12.1 Å². The van der Waals surface area contributed by atoms with Crippen molar-refractivity contribution in [1.29, 1.82) is 0 Å². The maximum Gasteiger partial charge on any atom is 0.411 e. The van der Waals surface area contributed by atoms with Crippen molar-refractivity contribution in [2.24, 2.45) is 0 Å². The van der Waals surface area contributed by atoms with Crippen molar-refractivity contribution in [2.75, 3.05) is 11.9 Å². The van der Waals surface area contributed by atoms with Crippen LogP contribution in [-0.2, 0) is 4.74 Å². The van der Waals surface area contributed by atoms with E-state index in [4.69, 9.17) is 4.74 Å². The molecule has 2 rings (SSSR count). The molecule has 1 aromatic carbocycles. The van der Waals surface area contributed by atoms with E-state index in [1.807, 2.05) is 0 Å². The van der Waals surface area contributed by atoms with E-state index in [0.717, 1.165) is 12.8 Å². The van der Waals surface area contributed by atoms with Crippen LogP contribution in [0.5, 0.6) is 0 Å². The van der Waals surface area contributed by atoms with E-state index < -0.39 is 6.09 Å². The van der Waals surface area contributed by atoms with E-state index in [-0.39, 0.29) is 11.9 Å². The minimum Gasteiger partial charge on any atom is -0.450 e. The van der Waals surface area contributed by atoms with Crippen molar-refractivity contribution in [3.63, 3.8) is 0 Å². The van der Waals surface area contributed by atoms with E-state index in [0.29, 0.717) is 17.9 Å². The van der Waals surface area contributed by atoms with E-state index in [9.17, 15) is 9.59 Å². The van der Waals surface area contributed by atoms with Crippen molar-refractivity contribution in [2.45, 2.75) is 25.8 Å². The van der Waals surface area contributed by atoms with Gasteiger partial charge < -0.3 is 10.1 Å². The third-order valence-corrected chi connectivity index (χ3v) is 2.60. The molecule has 0 heterocycles. The molecule has 1 aromatic rings. The zero-order valence-corrected chi connectivity index (χ0v) is 10.2. The Morgan fingerprint density at radius 1 is 1.33 bits per heavy atom. The predicted octanol–water partition coefficient (Wildman–Crippen LogP) is 2.15. The van der Waals surface area contributed by atoms with E-state index in [2.05, 4.69) is 10.6 Å². The van der Waals surface area contributed by atoms with Gasteiger partial charge in [-0.3, -0.25) is 10.1 Å². The van der Waals surface area contributed by atoms with Gasteiger partial charge in [-0.2, -0.15) is 0 Å². The monoisotopic (exact) mass is 248 g/mol. The molecule has 0 atom stereocenters. The first-order valence-electron chi connectivity index (χ1n) is 6.04. The van der Waals surface area contributed by atoms with E-state index in [1.165, 1.54) is 0 Å². The second kappa shape index (κ2) is 5.53. The normalized spacial score (nSPS) is 13.8. The fraction of sp³-hybridized carbons (Fsp3) is 0.385. The molecule has 18 heavy (non-hydrogen) atoms. The molecule has 1 aliphatic carbocycles. The Bertz CT molecular complexity index is 455. The molecule has 0 bridgehead atoms. The van der Waals surface area contributed by atoms with Crippen LogP contribution in [0.15, 0.2) is 24.3 Å². The summed E-state index contributed by atoms with van der Waals surface area (Å²) in [5.74, 6) is -0.162. The Labute approximate surface area is 106 Å². The third kappa shape index (κ3) is 3.23. The summed E-state index contributed by atoms with van der Waals surface area (Å²) in [6.45, 7) is 2.02. The van der Waals surface area contributed by atoms with Crippen LogP contribution >= 0.6 is 0 Å². The van der Waals surface area contributed by atoms with Crippen LogP contribution < -0.4 is 10.6 Å². The molecule has 0 radical (unpaired) electrons. The van der Waals surface area contributed by atoms with Crippen LogP contribution in [0, 0.1) is 0 Å². The molecule has 5 heteroatoms. The fourth-order valence-electron chi connectivity index (χ4n) is 1.56. The summed E-state index contributed by atoms with van der Waals surface area (Å²) in [4.78, 5) is 23.3. The van der Waals surface area contributed by atoms with Crippen molar-refractivity contribution < 1.29 is 14.3 Å². The van der Waals surface area contributed by atoms with Gasteiger partial charge in [0.2, 0.25) is 0 Å². The second-order valence-corrected chi connectivity index (χ2v) is 4.14. The molecule has 0 unspecified atom stereocenters. The highest BCUT2D eigenvalue weighted by molar-refractivity contribution is 6.02. The van der Waals surface area contributed by atoms with Gasteiger partial charge in [0.25, 0.3) is 5.91 Å². The average Bonchev–Trinajstić information content (AvgIpc) is 3.14. The average molecular weight is 248 g/mol. The van der Waals surface area contributed by atoms with E-state index in [1.54, 1.807) is 31.2 Å². The summed E-state index contributed by atoms with van der Waals surface area (Å²) < 4.78 is 4.79. The van der Waals surface area contributed by atoms with Gasteiger partial charge in [0.15, 0.2) is 0 Å². The summed E-state index contributed by atoms with van der Waals surface area (Å²) in [7, 11) is 0. The number of carbonyl (C=O) groups is 2. The number of amides is 2. The first-order valence-corrected chi connectivity index (χ1v) is 6.04. The van der Waals surface area contributed by atoms with Gasteiger partial charge in [-0.25, -0.2) is 4.79 Å². The lowest BCUT2D eigenvalue weighted by atomic mass is 10.1. The lowest BCUT2D eigenvalue weighted by Gasteiger charge is -2.10. The van der Waals surface area contributed by atoms with Gasteiger partial charge in [0, 0.05) is 6.04 Å². The molecule has 2 amide bonds. The molecule has 0 aliphatic heterocycles. The topological polar surface area (TPSA) is 67.4 Å². The molecule has 0 aromatic heterocycles. The fourth-order valence-corrected chi connectivity index (χ4v) is 1.56. The SMILES string of the molecule is CCOC(=O)Nc1ccccc1C(=O)NC1CC1. The second-order valence-electron chi connectivity index (χ2n) is 4.14. The van der Waals surface area contributed by atoms with Crippen LogP contribution in [0.4, 0.5) is 10.5 Å². The van der Waals surface area contributed by atoms with Crippen molar-refractivity contribution in [3.8, 4) is 0 Å². The van der Waals surface area contributed by atoms with Crippen molar-refractivity contribution in [3.05, 3.63) is 29.8 Å². The first-order chi connectivity index (χ1) is 8.70. The largest absolute Gasteiger partial charge is 0.450 e. The molecule has 2 N–H and O–H groups in total. The minimum absolute atomic E-state index is 0.162. The van der Waals surface area contributed by atoms with E-state index >= 15 is 0 Å². The maximum absolute atomic E-state index is 12.0. The first kappa shape index (κ1) is 12.4. The number of anilines is 1. The van der Waals surface area contributed by atoms with Gasteiger partial charge in [0.05, 0.1) is 17.9 Å². The van der Waals surface area contributed by atoms with Crippen LogP contribution in [0.25, 0.3) is 0 Å². The molecule has 5 nitrogen and oxygen atoms in total. The summed E-state index contributed by atoms with van der Waals surface area (Å²) in [5, 5.41) is 5.45. The Morgan fingerprint density at radius 2 is 2.06 bits per heavy atom. The smallest absolute Gasteiger partial charge is 0.411 e. The summed E-state index contributed by atoms with van der Waals surface area (Å²) >= 11 is 0. The van der Waals surface area contributed by atoms with Gasteiger partial charge in [0.1, 0.15) is 0 Å². The Hall–Kier alpha value is -2.04. The molecule has 96 valence electrons. The number of carbonyl (C=O) groups excluding carboxylic acids is 2. The van der Waals surface area contributed by atoms with Crippen molar-refractivity contribution >= 4 is 17.7 Å². The minimum atomic E-state index is -0.552. The van der Waals surface area contributed by atoms with Crippen LogP contribution in [0.2, 0.25) is 0 Å². The Morgan fingerprint density at radius 3 is 2.72 bits per heavy atom. The third-order valence-electron chi connectivity index (χ3n) is 2.60. The summed E-state index contributed by atoms with van der Waals surface area (Å²) in [6.07, 6.45) is 1.50. The quantitative estimate of drug-likeness (QED) is 0.857. The number of para-hydroxylation sites is 1. The highest BCUT2D eigenvalue weighted by Gasteiger charge is 2.24. The number of benzene rings is 1. The van der Waals surface area contributed by atoms with Crippen LogP contribution in [0.3, 0.4) is 0 Å². The Balaban J connectivity index is 2.08. The molecular formula is C13H16N2O3. The maximum atomic E-state index is 12.0. The van der Waals surface area contributed by atoms with Crippen LogP contribution in [0.1, 0.15) is 30.1 Å². The molecule has 1 fully saturated rings. The number of hydrogen-bond acceptors (Lipinski definition) is 3. The molecule has 1 saturated carbocycles. The zero-order chi connectivity index (χ0) is 13.0. The van der Waals surface area contributed by atoms with Gasteiger partial charge >= 0.3 is 6.09 Å². The summed E-state index contributed by atoms with van der Waals surface area (Å²) in [5.41, 5.74) is 0.923. The zero-order valence-electron chi connectivity index (χ0n) is 10.2. The highest BCUT2D eigenvalue weighted by atomic mass is 16.5. The lowest BCUT2D eigenvalue weighted by molar-refractivity contribution is 0.0952. The lowest BCUT2D eigenvalue weighted by Crippen LogP contribution is -2.27. The summed E-state index contributed by atoms with van der Waals surface area (Å²) in [6, 6.07) is 7.17. The molecule has 0 saturated heterocycles. The van der Waals surface area contributed by atoms with Crippen molar-refractivity contribution in [1.82, 2.24) is 5.32 Å². The number of rotatable bonds is 4. The van der Waals surface area contributed by atoms with Gasteiger partial charge in [-0.05, 0) is 31.9 Å². The van der Waals surface area contributed by atoms with Crippen LogP contribution in [-0.4, -0.2) is 24.6 Å². The van der Waals surface area contributed by atoms with Gasteiger partial charge in [-0.15, -0.1) is 0 Å². The predicted molar refractivity (Wildman–Crippen MR) is 67.6 cm³/mol. The molecule has 0 spiro atoms. The number of ether oxygens (including phenoxy) is 1.